The molecule has 0 aromatic rings. The van der Waals surface area contributed by atoms with E-state index < -0.39 is 12.3 Å². The summed E-state index contributed by atoms with van der Waals surface area (Å²) in [5, 5.41) is 0. The molecule has 1 saturated heterocycles. The maximum Gasteiger partial charge on any atom is 0.304 e. The summed E-state index contributed by atoms with van der Waals surface area (Å²) in [5.74, 6) is -0.608. The highest BCUT2D eigenvalue weighted by Crippen LogP contribution is 2.42. The molecule has 0 aromatic heterocycles. The Balaban J connectivity index is 2.10. The number of ketones is 1. The molecule has 1 aliphatic carbocycles. The fourth-order valence-corrected chi connectivity index (χ4v) is 2.66. The third-order valence-electron chi connectivity index (χ3n) is 2.36. The summed E-state index contributed by atoms with van der Waals surface area (Å²) >= 11 is 3.37. The van der Waals surface area contributed by atoms with Crippen LogP contribution in [0.5, 0.6) is 0 Å². The number of carbonyl (C=O) groups excluding carboxylic acids is 2. The minimum Gasteiger partial charge on any atom is -0.435 e. The molecule has 1 aliphatic heterocycles. The van der Waals surface area contributed by atoms with Crippen molar-refractivity contribution >= 4 is 27.7 Å². The highest BCUT2D eigenvalue weighted by atomic mass is 79.9. The molecule has 2 aliphatic rings. The molecular formula is C8H9BrO4. The van der Waals surface area contributed by atoms with E-state index in [9.17, 15) is 9.59 Å². The first-order chi connectivity index (χ1) is 6.09. The average Bonchev–Trinajstić information content (AvgIpc) is 2.39. The van der Waals surface area contributed by atoms with E-state index >= 15 is 0 Å². The van der Waals surface area contributed by atoms with Gasteiger partial charge in [0.05, 0.1) is 16.8 Å². The average molecular weight is 249 g/mol. The summed E-state index contributed by atoms with van der Waals surface area (Å²) in [5.41, 5.74) is 0. The summed E-state index contributed by atoms with van der Waals surface area (Å²) in [6, 6.07) is 0. The van der Waals surface area contributed by atoms with Crippen molar-refractivity contribution in [2.24, 2.45) is 5.92 Å². The Kier molecular flexibility index (Phi) is 2.15. The fraction of sp³-hybridized carbons (Fsp3) is 0.750. The molecule has 1 unspecified atom stereocenters. The first-order valence-electron chi connectivity index (χ1n) is 4.09. The number of fused-ring (bicyclic) bond motifs is 2. The minimum atomic E-state index is -0.673. The van der Waals surface area contributed by atoms with Crippen molar-refractivity contribution in [2.45, 2.75) is 30.6 Å². The third-order valence-corrected chi connectivity index (χ3v) is 3.52. The molecule has 0 N–H and O–H groups in total. The first kappa shape index (κ1) is 9.15. The lowest BCUT2D eigenvalue weighted by atomic mass is 10.1. The number of ether oxygens (including phenoxy) is 2. The van der Waals surface area contributed by atoms with Crippen molar-refractivity contribution in [3.8, 4) is 0 Å². The van der Waals surface area contributed by atoms with E-state index in [1.54, 1.807) is 0 Å². The number of hydrogen-bond acceptors (Lipinski definition) is 4. The standard InChI is InChI=1S/C8H9BrO4/c1-3(10)12-8-6-4(11)2-5(13-8)7(6)9/h5-8H,2H2,1H3/t5-,6+,7?,8-/m0/s1. The second kappa shape index (κ2) is 3.06. The van der Waals surface area contributed by atoms with E-state index in [2.05, 4.69) is 15.9 Å². The van der Waals surface area contributed by atoms with Crippen molar-refractivity contribution in [1.82, 2.24) is 0 Å². The van der Waals surface area contributed by atoms with Crippen molar-refractivity contribution in [3.05, 3.63) is 0 Å². The Morgan fingerprint density at radius 3 is 2.85 bits per heavy atom. The van der Waals surface area contributed by atoms with E-state index in [-0.39, 0.29) is 22.6 Å². The van der Waals surface area contributed by atoms with Gasteiger partial charge in [-0.3, -0.25) is 9.59 Å². The summed E-state index contributed by atoms with van der Waals surface area (Å²) in [6.07, 6.45) is -0.367. The van der Waals surface area contributed by atoms with Crippen LogP contribution in [-0.4, -0.2) is 29.0 Å². The van der Waals surface area contributed by atoms with Gasteiger partial charge in [0.15, 0.2) is 0 Å². The highest BCUT2D eigenvalue weighted by Gasteiger charge is 2.55. The van der Waals surface area contributed by atoms with Crippen LogP contribution in [0.1, 0.15) is 13.3 Å². The van der Waals surface area contributed by atoms with E-state index in [1.165, 1.54) is 6.92 Å². The lowest BCUT2D eigenvalue weighted by Gasteiger charge is -2.20. The predicted molar refractivity (Wildman–Crippen MR) is 46.3 cm³/mol. The van der Waals surface area contributed by atoms with Gasteiger partial charge < -0.3 is 9.47 Å². The van der Waals surface area contributed by atoms with Gasteiger partial charge >= 0.3 is 5.97 Å². The molecule has 72 valence electrons. The van der Waals surface area contributed by atoms with Crippen LogP contribution in [0.25, 0.3) is 0 Å². The molecule has 1 saturated carbocycles. The van der Waals surface area contributed by atoms with Crippen LogP contribution in [0.3, 0.4) is 0 Å². The van der Waals surface area contributed by atoms with Crippen LogP contribution in [0, 0.1) is 5.92 Å². The number of hydrogen-bond donors (Lipinski definition) is 0. The van der Waals surface area contributed by atoms with E-state index in [1.807, 2.05) is 0 Å². The first-order valence-corrected chi connectivity index (χ1v) is 5.00. The number of halogens is 1. The Bertz CT molecular complexity index is 265. The molecule has 0 spiro atoms. The molecule has 2 rings (SSSR count). The molecular weight excluding hydrogens is 240 g/mol. The Morgan fingerprint density at radius 2 is 2.38 bits per heavy atom. The molecule has 4 atom stereocenters. The second-order valence-corrected chi connectivity index (χ2v) is 4.35. The number of rotatable bonds is 1. The predicted octanol–water partition coefficient (Wildman–Crippen LogP) is 0.627. The maximum absolute atomic E-state index is 11.3. The molecule has 2 fully saturated rings. The second-order valence-electron chi connectivity index (χ2n) is 3.29. The minimum absolute atomic E-state index is 0.00403. The van der Waals surface area contributed by atoms with Gasteiger partial charge in [0.1, 0.15) is 5.78 Å². The van der Waals surface area contributed by atoms with Gasteiger partial charge in [-0.15, -0.1) is 0 Å². The summed E-state index contributed by atoms with van der Waals surface area (Å²) in [6.45, 7) is 1.31. The van der Waals surface area contributed by atoms with Gasteiger partial charge in [0.25, 0.3) is 0 Å². The zero-order valence-corrected chi connectivity index (χ0v) is 8.61. The molecule has 0 amide bonds. The zero-order chi connectivity index (χ0) is 9.59. The molecule has 13 heavy (non-hydrogen) atoms. The van der Waals surface area contributed by atoms with Gasteiger partial charge in [0, 0.05) is 13.3 Å². The number of alkyl halides is 1. The Morgan fingerprint density at radius 1 is 1.69 bits per heavy atom. The van der Waals surface area contributed by atoms with Crippen LogP contribution >= 0.6 is 15.9 Å². The van der Waals surface area contributed by atoms with Crippen LogP contribution in [0.2, 0.25) is 0 Å². The van der Waals surface area contributed by atoms with Gasteiger partial charge in [-0.25, -0.2) is 0 Å². The molecule has 1 heterocycles. The monoisotopic (exact) mass is 248 g/mol. The largest absolute Gasteiger partial charge is 0.435 e. The van der Waals surface area contributed by atoms with Gasteiger partial charge in [0.2, 0.25) is 6.29 Å². The van der Waals surface area contributed by atoms with Crippen molar-refractivity contribution in [1.29, 1.82) is 0 Å². The van der Waals surface area contributed by atoms with Gasteiger partial charge in [-0.2, -0.15) is 0 Å². The SMILES string of the molecule is CC(=O)O[C@H]1O[C@H]2CC(=O)[C@@H]1C2Br. The summed E-state index contributed by atoms with van der Waals surface area (Å²) in [7, 11) is 0. The third kappa shape index (κ3) is 1.40. The van der Waals surface area contributed by atoms with Crippen LogP contribution < -0.4 is 0 Å². The van der Waals surface area contributed by atoms with Crippen molar-refractivity contribution < 1.29 is 19.1 Å². The van der Waals surface area contributed by atoms with Crippen LogP contribution in [0.15, 0.2) is 0 Å². The number of carbonyl (C=O) groups is 2. The van der Waals surface area contributed by atoms with E-state index in [0.29, 0.717) is 6.42 Å². The molecule has 4 nitrogen and oxygen atoms in total. The topological polar surface area (TPSA) is 52.6 Å². The van der Waals surface area contributed by atoms with Crippen LogP contribution in [0.4, 0.5) is 0 Å². The van der Waals surface area contributed by atoms with Crippen molar-refractivity contribution in [2.75, 3.05) is 0 Å². The van der Waals surface area contributed by atoms with E-state index in [0.717, 1.165) is 0 Å². The quantitative estimate of drug-likeness (QED) is 0.505. The number of Topliss-reactive ketones (excluding diaryl/α,β-unsaturated/α-hetero) is 1. The molecule has 2 bridgehead atoms. The molecule has 0 aromatic carbocycles. The smallest absolute Gasteiger partial charge is 0.304 e. The number of esters is 1. The van der Waals surface area contributed by atoms with Crippen molar-refractivity contribution in [3.63, 3.8) is 0 Å². The highest BCUT2D eigenvalue weighted by molar-refractivity contribution is 9.09. The Labute approximate surface area is 83.7 Å². The zero-order valence-electron chi connectivity index (χ0n) is 7.03. The fourth-order valence-electron chi connectivity index (χ4n) is 1.80. The normalized spacial score (nSPS) is 42.5. The summed E-state index contributed by atoms with van der Waals surface area (Å²) < 4.78 is 10.2. The van der Waals surface area contributed by atoms with E-state index in [4.69, 9.17) is 9.47 Å². The lowest BCUT2D eigenvalue weighted by Crippen LogP contribution is -2.32. The lowest BCUT2D eigenvalue weighted by molar-refractivity contribution is -0.187. The molecule has 0 radical (unpaired) electrons. The summed E-state index contributed by atoms with van der Waals surface area (Å²) in [4.78, 5) is 22.0. The Hall–Kier alpha value is -0.420. The maximum atomic E-state index is 11.3. The van der Waals surface area contributed by atoms with Gasteiger partial charge in [-0.05, 0) is 0 Å². The van der Waals surface area contributed by atoms with Gasteiger partial charge in [-0.1, -0.05) is 15.9 Å². The molecule has 5 heteroatoms. The van der Waals surface area contributed by atoms with Crippen LogP contribution in [-0.2, 0) is 19.1 Å².